The van der Waals surface area contributed by atoms with Crippen LogP contribution in [0, 0.1) is 6.92 Å². The molecule has 3 rings (SSSR count). The second kappa shape index (κ2) is 6.99. The zero-order valence-corrected chi connectivity index (χ0v) is 16.1. The van der Waals surface area contributed by atoms with Gasteiger partial charge >= 0.3 is 0 Å². The van der Waals surface area contributed by atoms with Crippen LogP contribution in [0.1, 0.15) is 59.0 Å². The molecule has 0 saturated heterocycles. The molecule has 0 saturated carbocycles. The Hall–Kier alpha value is -2.95. The van der Waals surface area contributed by atoms with Gasteiger partial charge in [-0.25, -0.2) is 0 Å². The number of imide groups is 1. The predicted molar refractivity (Wildman–Crippen MR) is 105 cm³/mol. The smallest absolute Gasteiger partial charge is 0.261 e. The van der Waals surface area contributed by atoms with E-state index in [2.05, 4.69) is 26.1 Å². The van der Waals surface area contributed by atoms with E-state index in [0.717, 1.165) is 21.7 Å². The van der Waals surface area contributed by atoms with Crippen molar-refractivity contribution in [1.82, 2.24) is 4.90 Å². The number of fused-ring (bicyclic) bond motifs is 1. The van der Waals surface area contributed by atoms with Gasteiger partial charge in [-0.1, -0.05) is 50.6 Å². The molecule has 0 atom stereocenters. The third-order valence-corrected chi connectivity index (χ3v) is 4.70. The summed E-state index contributed by atoms with van der Waals surface area (Å²) in [6.45, 7) is 8.19. The van der Waals surface area contributed by atoms with Crippen LogP contribution < -0.4 is 5.32 Å². The maximum absolute atomic E-state index is 12.5. The van der Waals surface area contributed by atoms with Gasteiger partial charge in [-0.3, -0.25) is 19.3 Å². The molecule has 3 amide bonds. The lowest BCUT2D eigenvalue weighted by atomic mass is 9.86. The summed E-state index contributed by atoms with van der Waals surface area (Å²) in [5.74, 6) is -0.890. The Morgan fingerprint density at radius 1 is 1.00 bits per heavy atom. The SMILES string of the molecule is Cc1ccc2c(c1)C(=O)N(CCC(=O)Nc1ccccc1C(C)(C)C)C2=O. The van der Waals surface area contributed by atoms with E-state index in [9.17, 15) is 14.4 Å². The van der Waals surface area contributed by atoms with Crippen molar-refractivity contribution in [3.05, 3.63) is 64.7 Å². The molecule has 0 unspecified atom stereocenters. The van der Waals surface area contributed by atoms with Gasteiger partial charge in [0.25, 0.3) is 11.8 Å². The van der Waals surface area contributed by atoms with Crippen molar-refractivity contribution in [2.24, 2.45) is 0 Å². The van der Waals surface area contributed by atoms with Gasteiger partial charge in [-0.15, -0.1) is 0 Å². The standard InChI is InChI=1S/C22H24N2O3/c1-14-9-10-15-16(13-14)21(27)24(20(15)26)12-11-19(25)23-18-8-6-5-7-17(18)22(2,3)4/h5-10,13H,11-12H2,1-4H3,(H,23,25). The molecule has 140 valence electrons. The van der Waals surface area contributed by atoms with E-state index in [1.54, 1.807) is 12.1 Å². The third kappa shape index (κ3) is 3.77. The van der Waals surface area contributed by atoms with Gasteiger partial charge in [0.2, 0.25) is 5.91 Å². The van der Waals surface area contributed by atoms with Crippen molar-refractivity contribution in [2.75, 3.05) is 11.9 Å². The summed E-state index contributed by atoms with van der Waals surface area (Å²) in [7, 11) is 0. The Balaban J connectivity index is 1.68. The van der Waals surface area contributed by atoms with Crippen molar-refractivity contribution in [3.63, 3.8) is 0 Å². The Labute approximate surface area is 159 Å². The molecule has 0 radical (unpaired) electrons. The molecule has 2 aromatic carbocycles. The van der Waals surface area contributed by atoms with E-state index in [1.807, 2.05) is 37.3 Å². The van der Waals surface area contributed by atoms with Gasteiger partial charge in [0, 0.05) is 18.7 Å². The number of rotatable bonds is 4. The Morgan fingerprint density at radius 2 is 1.67 bits per heavy atom. The number of hydrogen-bond donors (Lipinski definition) is 1. The maximum Gasteiger partial charge on any atom is 0.261 e. The minimum atomic E-state index is -0.335. The first-order chi connectivity index (χ1) is 12.7. The summed E-state index contributed by atoms with van der Waals surface area (Å²) in [4.78, 5) is 38.5. The Bertz CT molecular complexity index is 925. The van der Waals surface area contributed by atoms with Crippen LogP contribution in [0.5, 0.6) is 0 Å². The van der Waals surface area contributed by atoms with Crippen LogP contribution in [0.25, 0.3) is 0 Å². The van der Waals surface area contributed by atoms with Crippen LogP contribution >= 0.6 is 0 Å². The fourth-order valence-corrected chi connectivity index (χ4v) is 3.28. The third-order valence-electron chi connectivity index (χ3n) is 4.70. The average molecular weight is 364 g/mol. The molecule has 0 bridgehead atoms. The number of nitrogens with zero attached hydrogens (tertiary/aromatic N) is 1. The molecule has 27 heavy (non-hydrogen) atoms. The number of benzene rings is 2. The summed E-state index contributed by atoms with van der Waals surface area (Å²) in [5, 5.41) is 2.91. The largest absolute Gasteiger partial charge is 0.326 e. The van der Waals surface area contributed by atoms with Crippen LogP contribution in [0.15, 0.2) is 42.5 Å². The first-order valence-electron chi connectivity index (χ1n) is 9.04. The number of carbonyl (C=O) groups is 3. The maximum atomic E-state index is 12.5. The van der Waals surface area contributed by atoms with E-state index in [1.165, 1.54) is 0 Å². The first kappa shape index (κ1) is 18.8. The second-order valence-electron chi connectivity index (χ2n) is 7.90. The minimum Gasteiger partial charge on any atom is -0.326 e. The highest BCUT2D eigenvalue weighted by atomic mass is 16.2. The highest BCUT2D eigenvalue weighted by Gasteiger charge is 2.35. The second-order valence-corrected chi connectivity index (χ2v) is 7.90. The topological polar surface area (TPSA) is 66.5 Å². The molecule has 0 aromatic heterocycles. The zero-order valence-electron chi connectivity index (χ0n) is 16.1. The fourth-order valence-electron chi connectivity index (χ4n) is 3.28. The number of hydrogen-bond acceptors (Lipinski definition) is 3. The van der Waals surface area contributed by atoms with Crippen molar-refractivity contribution < 1.29 is 14.4 Å². The number of para-hydroxylation sites is 1. The summed E-state index contributed by atoms with van der Waals surface area (Å²) < 4.78 is 0. The van der Waals surface area contributed by atoms with Crippen LogP contribution in [-0.2, 0) is 10.2 Å². The van der Waals surface area contributed by atoms with Gasteiger partial charge < -0.3 is 5.32 Å². The average Bonchev–Trinajstić information content (AvgIpc) is 2.83. The molecule has 1 N–H and O–H groups in total. The number of aryl methyl sites for hydroxylation is 1. The monoisotopic (exact) mass is 364 g/mol. The van der Waals surface area contributed by atoms with E-state index in [-0.39, 0.29) is 36.1 Å². The summed E-state index contributed by atoms with van der Waals surface area (Å²) >= 11 is 0. The molecule has 1 aliphatic heterocycles. The van der Waals surface area contributed by atoms with E-state index >= 15 is 0 Å². The summed E-state index contributed by atoms with van der Waals surface area (Å²) in [6.07, 6.45) is 0.0585. The van der Waals surface area contributed by atoms with E-state index in [0.29, 0.717) is 11.1 Å². The molecule has 2 aromatic rings. The molecule has 0 fully saturated rings. The van der Waals surface area contributed by atoms with Crippen molar-refractivity contribution >= 4 is 23.4 Å². The number of amides is 3. The van der Waals surface area contributed by atoms with Gasteiger partial charge in [0.15, 0.2) is 0 Å². The molecule has 0 spiro atoms. The van der Waals surface area contributed by atoms with Gasteiger partial charge in [0.1, 0.15) is 0 Å². The van der Waals surface area contributed by atoms with Gasteiger partial charge in [0.05, 0.1) is 11.1 Å². The number of nitrogens with one attached hydrogen (secondary N) is 1. The van der Waals surface area contributed by atoms with E-state index in [4.69, 9.17) is 0 Å². The summed E-state index contributed by atoms with van der Waals surface area (Å²) in [5.41, 5.74) is 3.43. The molecule has 5 nitrogen and oxygen atoms in total. The normalized spacial score (nSPS) is 13.7. The molecule has 1 heterocycles. The van der Waals surface area contributed by atoms with Gasteiger partial charge in [-0.05, 0) is 36.1 Å². The molecular weight excluding hydrogens is 340 g/mol. The minimum absolute atomic E-state index is 0.0585. The predicted octanol–water partition coefficient (Wildman–Crippen LogP) is 3.92. The molecule has 5 heteroatoms. The highest BCUT2D eigenvalue weighted by molar-refractivity contribution is 6.21. The number of carbonyl (C=O) groups excluding carboxylic acids is 3. The molecular formula is C22H24N2O3. The highest BCUT2D eigenvalue weighted by Crippen LogP contribution is 2.29. The summed E-state index contributed by atoms with van der Waals surface area (Å²) in [6, 6.07) is 12.9. The lowest BCUT2D eigenvalue weighted by Gasteiger charge is -2.23. The first-order valence-corrected chi connectivity index (χ1v) is 9.04. The van der Waals surface area contributed by atoms with Crippen molar-refractivity contribution in [1.29, 1.82) is 0 Å². The lowest BCUT2D eigenvalue weighted by Crippen LogP contribution is -2.33. The molecule has 1 aliphatic rings. The van der Waals surface area contributed by atoms with Crippen LogP contribution in [-0.4, -0.2) is 29.2 Å². The van der Waals surface area contributed by atoms with E-state index < -0.39 is 0 Å². The lowest BCUT2D eigenvalue weighted by molar-refractivity contribution is -0.116. The quantitative estimate of drug-likeness (QED) is 0.836. The Kier molecular flexibility index (Phi) is 4.87. The van der Waals surface area contributed by atoms with Crippen LogP contribution in [0.2, 0.25) is 0 Å². The molecule has 0 aliphatic carbocycles. The van der Waals surface area contributed by atoms with Gasteiger partial charge in [-0.2, -0.15) is 0 Å². The van der Waals surface area contributed by atoms with Crippen molar-refractivity contribution in [3.8, 4) is 0 Å². The van der Waals surface area contributed by atoms with Crippen molar-refractivity contribution in [2.45, 2.75) is 39.5 Å². The zero-order chi connectivity index (χ0) is 19.8. The Morgan fingerprint density at radius 3 is 2.37 bits per heavy atom. The van der Waals surface area contributed by atoms with Crippen LogP contribution in [0.4, 0.5) is 5.69 Å². The van der Waals surface area contributed by atoms with Crippen LogP contribution in [0.3, 0.4) is 0 Å². The fraction of sp³-hybridized carbons (Fsp3) is 0.318. The number of anilines is 1.